The number of primary amides is 1. The first kappa shape index (κ1) is 11.6. The van der Waals surface area contributed by atoms with Gasteiger partial charge in [-0.25, -0.2) is 0 Å². The first-order valence-corrected chi connectivity index (χ1v) is 5.71. The van der Waals surface area contributed by atoms with Crippen LogP contribution in [-0.2, 0) is 15.6 Å². The molecule has 1 amide bonds. The highest BCUT2D eigenvalue weighted by molar-refractivity contribution is 7.85. The van der Waals surface area contributed by atoms with E-state index in [9.17, 15) is 9.00 Å². The van der Waals surface area contributed by atoms with Crippen LogP contribution in [0.3, 0.4) is 0 Å². The van der Waals surface area contributed by atoms with Gasteiger partial charge in [-0.1, -0.05) is 6.92 Å². The monoisotopic (exact) mass is 227 g/mol. The standard InChI is InChI=1S/C9H13N3O2S/c1-6(9(11)13)5-15(14)8-2-3-12-4-7(8)10/h2-4,6H,5,10H2,1H3,(H2,11,13). The van der Waals surface area contributed by atoms with Crippen LogP contribution in [0.1, 0.15) is 6.92 Å². The molecule has 15 heavy (non-hydrogen) atoms. The molecule has 1 aromatic heterocycles. The van der Waals surface area contributed by atoms with Gasteiger partial charge < -0.3 is 11.5 Å². The number of hydrogen-bond donors (Lipinski definition) is 2. The minimum atomic E-state index is -1.31. The van der Waals surface area contributed by atoms with Gasteiger partial charge in [0.1, 0.15) is 0 Å². The molecule has 0 fully saturated rings. The van der Waals surface area contributed by atoms with Crippen LogP contribution in [0, 0.1) is 5.92 Å². The predicted molar refractivity (Wildman–Crippen MR) is 58.3 cm³/mol. The molecule has 0 bridgehead atoms. The predicted octanol–water partition coefficient (Wildman–Crippen LogP) is -0.107. The molecule has 2 unspecified atom stereocenters. The zero-order valence-electron chi connectivity index (χ0n) is 8.34. The Hall–Kier alpha value is -1.43. The Bertz CT molecular complexity index is 395. The first-order chi connectivity index (χ1) is 7.02. The third-order valence-corrected chi connectivity index (χ3v) is 3.61. The lowest BCUT2D eigenvalue weighted by Crippen LogP contribution is -2.25. The summed E-state index contributed by atoms with van der Waals surface area (Å²) in [6.07, 6.45) is 2.95. The van der Waals surface area contributed by atoms with Crippen LogP contribution in [0.5, 0.6) is 0 Å². The van der Waals surface area contributed by atoms with E-state index in [0.29, 0.717) is 10.6 Å². The highest BCUT2D eigenvalue weighted by atomic mass is 32.2. The van der Waals surface area contributed by atoms with Crippen molar-refractivity contribution in [1.82, 2.24) is 4.98 Å². The molecule has 0 saturated carbocycles. The van der Waals surface area contributed by atoms with E-state index in [1.165, 1.54) is 12.4 Å². The summed E-state index contributed by atoms with van der Waals surface area (Å²) in [7, 11) is -1.31. The summed E-state index contributed by atoms with van der Waals surface area (Å²) < 4.78 is 11.8. The smallest absolute Gasteiger partial charge is 0.221 e. The molecule has 0 saturated heterocycles. The van der Waals surface area contributed by atoms with Crippen molar-refractivity contribution >= 4 is 22.4 Å². The number of carbonyl (C=O) groups excluding carboxylic acids is 1. The number of pyridine rings is 1. The van der Waals surface area contributed by atoms with Crippen molar-refractivity contribution in [1.29, 1.82) is 0 Å². The fourth-order valence-corrected chi connectivity index (χ4v) is 2.33. The van der Waals surface area contributed by atoms with Gasteiger partial charge >= 0.3 is 0 Å². The molecule has 82 valence electrons. The molecular formula is C9H13N3O2S. The Labute approximate surface area is 90.3 Å². The summed E-state index contributed by atoms with van der Waals surface area (Å²) in [6.45, 7) is 1.64. The highest BCUT2D eigenvalue weighted by Crippen LogP contribution is 2.15. The van der Waals surface area contributed by atoms with Crippen molar-refractivity contribution < 1.29 is 9.00 Å². The maximum atomic E-state index is 11.8. The fraction of sp³-hybridized carbons (Fsp3) is 0.333. The summed E-state index contributed by atoms with van der Waals surface area (Å²) >= 11 is 0. The van der Waals surface area contributed by atoms with Gasteiger partial charge in [0.15, 0.2) is 0 Å². The number of amides is 1. The van der Waals surface area contributed by atoms with Crippen LogP contribution in [0.15, 0.2) is 23.4 Å². The van der Waals surface area contributed by atoms with E-state index in [2.05, 4.69) is 4.98 Å². The molecule has 0 aliphatic rings. The molecule has 1 aromatic rings. The van der Waals surface area contributed by atoms with Gasteiger partial charge in [0.25, 0.3) is 0 Å². The molecule has 1 rings (SSSR count). The molecular weight excluding hydrogens is 214 g/mol. The van der Waals surface area contributed by atoms with Gasteiger partial charge in [-0.3, -0.25) is 14.0 Å². The Kier molecular flexibility index (Phi) is 3.79. The summed E-state index contributed by atoms with van der Waals surface area (Å²) in [5, 5.41) is 0. The summed E-state index contributed by atoms with van der Waals surface area (Å²) in [4.78, 5) is 15.1. The molecule has 0 spiro atoms. The van der Waals surface area contributed by atoms with E-state index in [-0.39, 0.29) is 5.75 Å². The van der Waals surface area contributed by atoms with Crippen molar-refractivity contribution in [2.75, 3.05) is 11.5 Å². The number of carbonyl (C=O) groups is 1. The summed E-state index contributed by atoms with van der Waals surface area (Å²) in [6, 6.07) is 1.58. The number of anilines is 1. The van der Waals surface area contributed by atoms with Crippen molar-refractivity contribution in [3.8, 4) is 0 Å². The Morgan fingerprint density at radius 1 is 1.67 bits per heavy atom. The molecule has 0 aliphatic heterocycles. The molecule has 6 heteroatoms. The third kappa shape index (κ3) is 3.02. The quantitative estimate of drug-likeness (QED) is 0.749. The van der Waals surface area contributed by atoms with E-state index in [1.54, 1.807) is 13.0 Å². The van der Waals surface area contributed by atoms with E-state index in [0.717, 1.165) is 0 Å². The van der Waals surface area contributed by atoms with Crippen molar-refractivity contribution in [3.63, 3.8) is 0 Å². The van der Waals surface area contributed by atoms with Gasteiger partial charge in [-0.15, -0.1) is 0 Å². The minimum Gasteiger partial charge on any atom is -0.396 e. The van der Waals surface area contributed by atoms with Crippen molar-refractivity contribution in [2.45, 2.75) is 11.8 Å². The lowest BCUT2D eigenvalue weighted by Gasteiger charge is -2.08. The second-order valence-corrected chi connectivity index (χ2v) is 4.69. The van der Waals surface area contributed by atoms with Crippen LogP contribution >= 0.6 is 0 Å². The van der Waals surface area contributed by atoms with Gasteiger partial charge in [0.05, 0.1) is 27.6 Å². The van der Waals surface area contributed by atoms with Crippen LogP contribution in [0.2, 0.25) is 0 Å². The maximum Gasteiger partial charge on any atom is 0.221 e. The van der Waals surface area contributed by atoms with Gasteiger partial charge in [0, 0.05) is 17.9 Å². The molecule has 1 heterocycles. The lowest BCUT2D eigenvalue weighted by atomic mass is 10.2. The van der Waals surface area contributed by atoms with Crippen molar-refractivity contribution in [2.24, 2.45) is 11.7 Å². The van der Waals surface area contributed by atoms with Crippen LogP contribution in [0.4, 0.5) is 5.69 Å². The maximum absolute atomic E-state index is 11.8. The second-order valence-electron chi connectivity index (χ2n) is 3.23. The molecule has 0 radical (unpaired) electrons. The molecule has 4 N–H and O–H groups in total. The Balaban J connectivity index is 2.78. The van der Waals surface area contributed by atoms with Crippen LogP contribution < -0.4 is 11.5 Å². The zero-order valence-corrected chi connectivity index (χ0v) is 9.16. The van der Waals surface area contributed by atoms with Gasteiger partial charge in [0.2, 0.25) is 5.91 Å². The largest absolute Gasteiger partial charge is 0.396 e. The van der Waals surface area contributed by atoms with Crippen LogP contribution in [-0.4, -0.2) is 20.9 Å². The van der Waals surface area contributed by atoms with Crippen molar-refractivity contribution in [3.05, 3.63) is 18.5 Å². The SMILES string of the molecule is CC(CS(=O)c1ccncc1N)C(N)=O. The molecule has 0 aromatic carbocycles. The number of nitrogen functional groups attached to an aromatic ring is 1. The number of nitrogens with two attached hydrogens (primary N) is 2. The lowest BCUT2D eigenvalue weighted by molar-refractivity contribution is -0.120. The minimum absolute atomic E-state index is 0.184. The van der Waals surface area contributed by atoms with Gasteiger partial charge in [-0.2, -0.15) is 0 Å². The van der Waals surface area contributed by atoms with E-state index >= 15 is 0 Å². The zero-order chi connectivity index (χ0) is 11.4. The van der Waals surface area contributed by atoms with E-state index in [4.69, 9.17) is 11.5 Å². The van der Waals surface area contributed by atoms with Gasteiger partial charge in [-0.05, 0) is 6.07 Å². The topological polar surface area (TPSA) is 99.1 Å². The summed E-state index contributed by atoms with van der Waals surface area (Å²) in [5.74, 6) is -0.710. The molecule has 2 atom stereocenters. The first-order valence-electron chi connectivity index (χ1n) is 4.39. The average Bonchev–Trinajstić information content (AvgIpc) is 2.18. The number of rotatable bonds is 4. The number of nitrogens with zero attached hydrogens (tertiary/aromatic N) is 1. The number of aromatic nitrogens is 1. The van der Waals surface area contributed by atoms with E-state index in [1.807, 2.05) is 0 Å². The Morgan fingerprint density at radius 2 is 2.33 bits per heavy atom. The molecule has 0 aliphatic carbocycles. The summed E-state index contributed by atoms with van der Waals surface area (Å²) in [5.41, 5.74) is 11.1. The number of hydrogen-bond acceptors (Lipinski definition) is 4. The Morgan fingerprint density at radius 3 is 2.87 bits per heavy atom. The highest BCUT2D eigenvalue weighted by Gasteiger charge is 2.15. The fourth-order valence-electron chi connectivity index (χ4n) is 1.00. The third-order valence-electron chi connectivity index (χ3n) is 1.94. The van der Waals surface area contributed by atoms with E-state index < -0.39 is 22.6 Å². The molecule has 5 nitrogen and oxygen atoms in total. The second kappa shape index (κ2) is 4.88. The average molecular weight is 227 g/mol. The normalized spacial score (nSPS) is 14.5. The van der Waals surface area contributed by atoms with Crippen LogP contribution in [0.25, 0.3) is 0 Å².